The van der Waals surface area contributed by atoms with E-state index in [9.17, 15) is 35.1 Å². The Bertz CT molecular complexity index is 1140. The van der Waals surface area contributed by atoms with Gasteiger partial charge in [-0.15, -0.1) is 0 Å². The lowest BCUT2D eigenvalue weighted by Gasteiger charge is -2.43. The smallest absolute Gasteiger partial charge is 0.429 e. The van der Waals surface area contributed by atoms with Gasteiger partial charge in [-0.25, -0.2) is 4.39 Å². The third kappa shape index (κ3) is 5.84. The second-order valence-electron chi connectivity index (χ2n) is 8.81. The summed E-state index contributed by atoms with van der Waals surface area (Å²) in [6.07, 6.45) is -9.18. The molecule has 2 aromatic rings. The van der Waals surface area contributed by atoms with E-state index in [1.807, 2.05) is 0 Å². The van der Waals surface area contributed by atoms with Gasteiger partial charge in [0.2, 0.25) is 0 Å². The lowest BCUT2D eigenvalue weighted by molar-refractivity contribution is -0.280. The van der Waals surface area contributed by atoms with Crippen LogP contribution in [0.2, 0.25) is 0 Å². The molecule has 0 aromatic heterocycles. The summed E-state index contributed by atoms with van der Waals surface area (Å²) in [4.78, 5) is 1.60. The quantitative estimate of drug-likeness (QED) is 0.346. The third-order valence-corrected chi connectivity index (χ3v) is 6.39. The van der Waals surface area contributed by atoms with Crippen LogP contribution in [0.4, 0.5) is 40.8 Å². The van der Waals surface area contributed by atoms with E-state index in [4.69, 9.17) is 0 Å². The van der Waals surface area contributed by atoms with E-state index in [0.717, 1.165) is 11.6 Å². The molecule has 1 heterocycles. The Balaban J connectivity index is 1.69. The minimum Gasteiger partial charge on any atom is -0.429 e. The topological polar surface area (TPSA) is 12.5 Å². The van der Waals surface area contributed by atoms with Gasteiger partial charge in [0.1, 0.15) is 11.6 Å². The van der Waals surface area contributed by atoms with Crippen LogP contribution in [0, 0.1) is 11.7 Å². The van der Waals surface area contributed by atoms with Gasteiger partial charge in [-0.3, -0.25) is 0 Å². The maximum Gasteiger partial charge on any atom is 0.461 e. The van der Waals surface area contributed by atoms with Crippen molar-refractivity contribution in [3.8, 4) is 11.1 Å². The number of alkyl halides is 7. The fourth-order valence-corrected chi connectivity index (χ4v) is 4.85. The van der Waals surface area contributed by atoms with Crippen molar-refractivity contribution in [1.82, 2.24) is 0 Å². The van der Waals surface area contributed by atoms with Crippen molar-refractivity contribution in [3.63, 3.8) is 0 Å². The first-order chi connectivity index (χ1) is 16.9. The Hall–Kier alpha value is -3.04. The Morgan fingerprint density at radius 2 is 1.78 bits per heavy atom. The highest BCUT2D eigenvalue weighted by Crippen LogP contribution is 2.42. The minimum absolute atomic E-state index is 0.319. The van der Waals surface area contributed by atoms with Crippen molar-refractivity contribution < 1.29 is 39.9 Å². The number of rotatable bonds is 7. The minimum atomic E-state index is -4.69. The summed E-state index contributed by atoms with van der Waals surface area (Å²) in [6, 6.07) is 10.5. The summed E-state index contributed by atoms with van der Waals surface area (Å²) in [7, 11) is 0. The van der Waals surface area contributed by atoms with Gasteiger partial charge >= 0.3 is 18.7 Å². The molecule has 2 aliphatic rings. The summed E-state index contributed by atoms with van der Waals surface area (Å²) in [5.74, 6) is -1.44. The zero-order valence-corrected chi connectivity index (χ0v) is 18.9. The number of hydrogen-bond donors (Lipinski definition) is 0. The fourth-order valence-electron chi connectivity index (χ4n) is 4.85. The molecule has 2 aromatic carbocycles. The molecule has 0 amide bonds. The van der Waals surface area contributed by atoms with Crippen LogP contribution in [0.3, 0.4) is 0 Å². The van der Waals surface area contributed by atoms with Crippen LogP contribution in [0.15, 0.2) is 66.5 Å². The molecule has 1 unspecified atom stereocenters. The molecule has 2 atom stereocenters. The third-order valence-electron chi connectivity index (χ3n) is 6.39. The molecular formula is C26H23F8NO. The standard InChI is InChI=1S/C26H23F8NO/c27-18-6-1-4-16(14-18)20-8-3-9-23-21(20)10-11-22(35(23)13-12-25(30,31)32)17-5-2-7-19(15-17)36-26(33,34)24(28)29/h1-4,6-9,14-15,17,22,24H,5,10-13H2/t17?,22-/m1/s1. The van der Waals surface area contributed by atoms with Crippen LogP contribution in [0.1, 0.15) is 24.8 Å². The van der Waals surface area contributed by atoms with Gasteiger partial charge in [-0.1, -0.05) is 30.3 Å². The van der Waals surface area contributed by atoms with Crippen molar-refractivity contribution in [2.45, 2.75) is 50.4 Å². The van der Waals surface area contributed by atoms with Crippen LogP contribution in [-0.4, -0.2) is 31.3 Å². The number of nitrogens with zero attached hydrogens (tertiary/aromatic N) is 1. The average molecular weight is 517 g/mol. The van der Waals surface area contributed by atoms with E-state index in [1.165, 1.54) is 24.3 Å². The van der Waals surface area contributed by atoms with E-state index >= 15 is 0 Å². The first kappa shape index (κ1) is 26.0. The monoisotopic (exact) mass is 517 g/mol. The Morgan fingerprint density at radius 3 is 2.47 bits per heavy atom. The van der Waals surface area contributed by atoms with E-state index in [0.29, 0.717) is 36.1 Å². The van der Waals surface area contributed by atoms with Gasteiger partial charge in [0.15, 0.2) is 0 Å². The molecule has 0 saturated heterocycles. The van der Waals surface area contributed by atoms with Crippen molar-refractivity contribution in [2.24, 2.45) is 5.92 Å². The van der Waals surface area contributed by atoms with Gasteiger partial charge < -0.3 is 9.64 Å². The molecule has 1 aliphatic heterocycles. The van der Waals surface area contributed by atoms with Gasteiger partial charge in [0, 0.05) is 24.2 Å². The number of fused-ring (bicyclic) bond motifs is 1. The highest BCUT2D eigenvalue weighted by atomic mass is 19.4. The highest BCUT2D eigenvalue weighted by Gasteiger charge is 2.45. The van der Waals surface area contributed by atoms with Crippen molar-refractivity contribution in [2.75, 3.05) is 11.4 Å². The number of hydrogen-bond acceptors (Lipinski definition) is 2. The molecule has 0 radical (unpaired) electrons. The zero-order valence-electron chi connectivity index (χ0n) is 18.9. The maximum absolute atomic E-state index is 13.9. The normalized spacial score (nSPS) is 20.4. The molecule has 0 saturated carbocycles. The lowest BCUT2D eigenvalue weighted by Crippen LogP contribution is -2.45. The summed E-state index contributed by atoms with van der Waals surface area (Å²) >= 11 is 0. The largest absolute Gasteiger partial charge is 0.461 e. The first-order valence-electron chi connectivity index (χ1n) is 11.4. The summed E-state index contributed by atoms with van der Waals surface area (Å²) in [5.41, 5.74) is 2.59. The lowest BCUT2D eigenvalue weighted by atomic mass is 9.81. The molecule has 194 valence electrons. The number of halogens is 8. The Morgan fingerprint density at radius 1 is 1.03 bits per heavy atom. The van der Waals surface area contributed by atoms with Crippen LogP contribution >= 0.6 is 0 Å². The van der Waals surface area contributed by atoms with Crippen LogP contribution in [-0.2, 0) is 11.2 Å². The predicted molar refractivity (Wildman–Crippen MR) is 119 cm³/mol. The molecule has 4 rings (SSSR count). The molecule has 0 N–H and O–H groups in total. The van der Waals surface area contributed by atoms with Crippen molar-refractivity contribution >= 4 is 5.69 Å². The summed E-state index contributed by atoms with van der Waals surface area (Å²) in [5, 5.41) is 0. The molecular weight excluding hydrogens is 494 g/mol. The van der Waals surface area contributed by atoms with Crippen LogP contribution in [0.5, 0.6) is 0 Å². The molecule has 0 bridgehead atoms. The number of anilines is 1. The summed E-state index contributed by atoms with van der Waals surface area (Å²) < 4.78 is 110. The predicted octanol–water partition coefficient (Wildman–Crippen LogP) is 7.90. The molecule has 1 aliphatic carbocycles. The van der Waals surface area contributed by atoms with Crippen molar-refractivity contribution in [1.29, 1.82) is 0 Å². The van der Waals surface area contributed by atoms with Gasteiger partial charge in [0.05, 0.1) is 6.42 Å². The van der Waals surface area contributed by atoms with E-state index < -0.39 is 48.7 Å². The second kappa shape index (κ2) is 10.1. The first-order valence-corrected chi connectivity index (χ1v) is 11.4. The fraction of sp³-hybridized carbons (Fsp3) is 0.385. The molecule has 0 fully saturated rings. The van der Waals surface area contributed by atoms with Gasteiger partial charge in [-0.05, 0) is 66.3 Å². The number of allylic oxidation sites excluding steroid dienone is 2. The highest BCUT2D eigenvalue weighted by molar-refractivity contribution is 5.75. The van der Waals surface area contributed by atoms with Gasteiger partial charge in [-0.2, -0.15) is 30.7 Å². The Labute approximate surface area is 202 Å². The molecule has 36 heavy (non-hydrogen) atoms. The van der Waals surface area contributed by atoms with Gasteiger partial charge in [0.25, 0.3) is 0 Å². The van der Waals surface area contributed by atoms with E-state index in [2.05, 4.69) is 4.74 Å². The van der Waals surface area contributed by atoms with Crippen LogP contribution < -0.4 is 4.90 Å². The Kier molecular flexibility index (Phi) is 7.33. The molecule has 10 heteroatoms. The average Bonchev–Trinajstić information content (AvgIpc) is 2.81. The van der Waals surface area contributed by atoms with Crippen molar-refractivity contribution in [3.05, 3.63) is 77.8 Å². The number of ether oxygens (including phenoxy) is 1. The van der Waals surface area contributed by atoms with E-state index in [1.54, 1.807) is 35.2 Å². The maximum atomic E-state index is 13.9. The molecule has 0 spiro atoms. The SMILES string of the molecule is Fc1cccc(-c2cccc3c2CC[C@H](C2C=C(OC(F)(F)C(F)F)C=CC2)N3CCC(F)(F)F)c1. The molecule has 2 nitrogen and oxygen atoms in total. The van der Waals surface area contributed by atoms with Crippen LogP contribution in [0.25, 0.3) is 11.1 Å². The number of benzene rings is 2. The summed E-state index contributed by atoms with van der Waals surface area (Å²) in [6.45, 7) is -0.384. The second-order valence-corrected chi connectivity index (χ2v) is 8.81. The zero-order chi connectivity index (χ0) is 26.1. The van der Waals surface area contributed by atoms with E-state index in [-0.39, 0.29) is 6.54 Å².